The number of ether oxygens (including phenoxy) is 4. The summed E-state index contributed by atoms with van der Waals surface area (Å²) in [5, 5.41) is 2.73. The summed E-state index contributed by atoms with van der Waals surface area (Å²) in [4.78, 5) is 38.8. The molecular weight excluding hydrogens is 356 g/mol. The van der Waals surface area contributed by atoms with Crippen LogP contribution in [0.25, 0.3) is 0 Å². The topological polar surface area (TPSA) is 103 Å². The second-order valence-electron chi connectivity index (χ2n) is 6.16. The summed E-state index contributed by atoms with van der Waals surface area (Å²) < 4.78 is 20.9. The summed E-state index contributed by atoms with van der Waals surface area (Å²) in [7, 11) is 4.42. The number of esters is 1. The number of hydrogen-bond donors (Lipinski definition) is 1. The monoisotopic (exact) mass is 378 g/mol. The first kappa shape index (κ1) is 19.0. The molecule has 2 atom stereocenters. The van der Waals surface area contributed by atoms with Crippen molar-refractivity contribution in [2.75, 3.05) is 34.5 Å². The van der Waals surface area contributed by atoms with Crippen molar-refractivity contribution in [3.8, 4) is 11.5 Å². The lowest BCUT2D eigenvalue weighted by Gasteiger charge is -2.29. The molecule has 2 aliphatic heterocycles. The fraction of sp³-hybridized carbons (Fsp3) is 0.500. The number of likely N-dealkylation sites (tertiary alicyclic amines) is 1. The van der Waals surface area contributed by atoms with E-state index in [2.05, 4.69) is 5.32 Å². The Labute approximate surface area is 156 Å². The van der Waals surface area contributed by atoms with Crippen LogP contribution in [0.5, 0.6) is 11.5 Å². The Morgan fingerprint density at radius 3 is 2.70 bits per heavy atom. The Kier molecular flexibility index (Phi) is 5.50. The van der Waals surface area contributed by atoms with Gasteiger partial charge in [0.15, 0.2) is 11.5 Å². The highest BCUT2D eigenvalue weighted by molar-refractivity contribution is 5.99. The summed E-state index contributed by atoms with van der Waals surface area (Å²) in [6, 6.07) is 2.57. The standard InChI is InChI=1S/C18H22N2O7/c1-24-9-8-19-16(22)11-5-7-13(21)20(11)17-10-4-6-12(25-2)15(26-3)14(10)18(23)27-17/h4,6,11,17H,5,7-9H2,1-3H3,(H,19,22)/t11-,17-/m1/s1. The first-order valence-electron chi connectivity index (χ1n) is 8.57. The maximum absolute atomic E-state index is 12.5. The van der Waals surface area contributed by atoms with Gasteiger partial charge in [0, 0.05) is 25.6 Å². The summed E-state index contributed by atoms with van der Waals surface area (Å²) in [5.41, 5.74) is 0.683. The number of amides is 2. The second-order valence-corrected chi connectivity index (χ2v) is 6.16. The van der Waals surface area contributed by atoms with E-state index in [1.165, 1.54) is 26.2 Å². The maximum Gasteiger partial charge on any atom is 0.344 e. The molecule has 1 N–H and O–H groups in total. The molecule has 27 heavy (non-hydrogen) atoms. The van der Waals surface area contributed by atoms with Crippen LogP contribution in [-0.4, -0.2) is 63.2 Å². The molecule has 0 aliphatic carbocycles. The second kappa shape index (κ2) is 7.83. The van der Waals surface area contributed by atoms with Crippen LogP contribution in [0, 0.1) is 0 Å². The van der Waals surface area contributed by atoms with Crippen LogP contribution in [0.2, 0.25) is 0 Å². The zero-order chi connectivity index (χ0) is 19.6. The minimum atomic E-state index is -0.972. The molecule has 0 aromatic heterocycles. The SMILES string of the molecule is COCCNC(=O)[C@H]1CCC(=O)N1[C@@H]1OC(=O)c2c1ccc(OC)c2OC. The van der Waals surface area contributed by atoms with E-state index >= 15 is 0 Å². The normalized spacial score (nSPS) is 21.1. The Hall–Kier alpha value is -2.81. The number of fused-ring (bicyclic) bond motifs is 1. The van der Waals surface area contributed by atoms with Crippen LogP contribution in [0.15, 0.2) is 12.1 Å². The van der Waals surface area contributed by atoms with E-state index in [0.717, 1.165) is 0 Å². The van der Waals surface area contributed by atoms with Gasteiger partial charge >= 0.3 is 5.97 Å². The van der Waals surface area contributed by atoms with Gasteiger partial charge in [0.1, 0.15) is 11.6 Å². The molecule has 0 saturated carbocycles. The van der Waals surface area contributed by atoms with Gasteiger partial charge in [-0.2, -0.15) is 0 Å². The van der Waals surface area contributed by atoms with Crippen molar-refractivity contribution >= 4 is 17.8 Å². The smallest absolute Gasteiger partial charge is 0.344 e. The minimum absolute atomic E-state index is 0.207. The highest BCUT2D eigenvalue weighted by atomic mass is 16.6. The van der Waals surface area contributed by atoms with E-state index in [-0.39, 0.29) is 29.5 Å². The highest BCUT2D eigenvalue weighted by Gasteiger charge is 2.47. The van der Waals surface area contributed by atoms with Crippen LogP contribution in [0.4, 0.5) is 0 Å². The molecule has 146 valence electrons. The molecule has 1 aromatic carbocycles. The third-order valence-electron chi connectivity index (χ3n) is 4.68. The fourth-order valence-electron chi connectivity index (χ4n) is 3.44. The first-order chi connectivity index (χ1) is 13.0. The lowest BCUT2D eigenvalue weighted by atomic mass is 10.1. The molecule has 2 heterocycles. The van der Waals surface area contributed by atoms with Crippen molar-refractivity contribution in [2.45, 2.75) is 25.1 Å². The maximum atomic E-state index is 12.5. The molecular formula is C18H22N2O7. The Morgan fingerprint density at radius 1 is 1.26 bits per heavy atom. The van der Waals surface area contributed by atoms with Gasteiger partial charge in [0.05, 0.1) is 20.8 Å². The van der Waals surface area contributed by atoms with Gasteiger partial charge in [-0.05, 0) is 18.6 Å². The van der Waals surface area contributed by atoms with E-state index in [0.29, 0.717) is 30.9 Å². The largest absolute Gasteiger partial charge is 0.493 e. The van der Waals surface area contributed by atoms with Crippen molar-refractivity contribution in [3.63, 3.8) is 0 Å². The molecule has 1 aromatic rings. The fourth-order valence-corrected chi connectivity index (χ4v) is 3.44. The average molecular weight is 378 g/mol. The summed E-state index contributed by atoms with van der Waals surface area (Å²) in [5.74, 6) is -0.542. The van der Waals surface area contributed by atoms with E-state index in [4.69, 9.17) is 18.9 Å². The van der Waals surface area contributed by atoms with E-state index in [1.54, 1.807) is 12.1 Å². The van der Waals surface area contributed by atoms with Gasteiger partial charge < -0.3 is 24.3 Å². The molecule has 3 rings (SSSR count). The van der Waals surface area contributed by atoms with Crippen molar-refractivity contribution in [3.05, 3.63) is 23.3 Å². The Morgan fingerprint density at radius 2 is 2.04 bits per heavy atom. The van der Waals surface area contributed by atoms with E-state index in [9.17, 15) is 14.4 Å². The molecule has 0 unspecified atom stereocenters. The molecule has 2 aliphatic rings. The Bertz CT molecular complexity index is 764. The lowest BCUT2D eigenvalue weighted by molar-refractivity contribution is -0.145. The number of cyclic esters (lactones) is 1. The van der Waals surface area contributed by atoms with Crippen LogP contribution in [-0.2, 0) is 19.1 Å². The van der Waals surface area contributed by atoms with Gasteiger partial charge in [0.2, 0.25) is 18.0 Å². The molecule has 2 amide bonds. The van der Waals surface area contributed by atoms with E-state index in [1.807, 2.05) is 0 Å². The lowest BCUT2D eigenvalue weighted by Crippen LogP contribution is -2.47. The molecule has 0 radical (unpaired) electrons. The van der Waals surface area contributed by atoms with Crippen LogP contribution in [0.1, 0.15) is 35.0 Å². The molecule has 1 saturated heterocycles. The predicted octanol–water partition coefficient (Wildman–Crippen LogP) is 0.626. The number of hydrogen-bond acceptors (Lipinski definition) is 7. The summed E-state index contributed by atoms with van der Waals surface area (Å²) in [6.07, 6.45) is -0.409. The quantitative estimate of drug-likeness (QED) is 0.548. The number of carbonyl (C=O) groups excluding carboxylic acids is 3. The minimum Gasteiger partial charge on any atom is -0.493 e. The molecule has 1 fully saturated rings. The average Bonchev–Trinajstić information content (AvgIpc) is 3.21. The molecule has 9 nitrogen and oxygen atoms in total. The first-order valence-corrected chi connectivity index (χ1v) is 8.57. The zero-order valence-electron chi connectivity index (χ0n) is 15.4. The molecule has 0 spiro atoms. The Balaban J connectivity index is 1.91. The number of rotatable bonds is 7. The number of nitrogens with zero attached hydrogens (tertiary/aromatic N) is 1. The third-order valence-corrected chi connectivity index (χ3v) is 4.68. The zero-order valence-corrected chi connectivity index (χ0v) is 15.4. The summed E-state index contributed by atoms with van der Waals surface area (Å²) >= 11 is 0. The number of carbonyl (C=O) groups is 3. The van der Waals surface area contributed by atoms with Crippen molar-refractivity contribution < 1.29 is 33.3 Å². The van der Waals surface area contributed by atoms with Crippen LogP contribution < -0.4 is 14.8 Å². The van der Waals surface area contributed by atoms with Crippen LogP contribution >= 0.6 is 0 Å². The van der Waals surface area contributed by atoms with Gasteiger partial charge in [-0.15, -0.1) is 0 Å². The van der Waals surface area contributed by atoms with Gasteiger partial charge in [0.25, 0.3) is 0 Å². The number of nitrogens with one attached hydrogen (secondary N) is 1. The van der Waals surface area contributed by atoms with E-state index < -0.39 is 18.2 Å². The van der Waals surface area contributed by atoms with Crippen molar-refractivity contribution in [1.82, 2.24) is 10.2 Å². The number of methoxy groups -OCH3 is 3. The predicted molar refractivity (Wildman–Crippen MR) is 92.5 cm³/mol. The van der Waals surface area contributed by atoms with Gasteiger partial charge in [-0.3, -0.25) is 14.5 Å². The van der Waals surface area contributed by atoms with Crippen molar-refractivity contribution in [1.29, 1.82) is 0 Å². The van der Waals surface area contributed by atoms with Crippen LogP contribution in [0.3, 0.4) is 0 Å². The summed E-state index contributed by atoms with van der Waals surface area (Å²) in [6.45, 7) is 0.699. The van der Waals surface area contributed by atoms with Gasteiger partial charge in [-0.25, -0.2) is 4.79 Å². The third kappa shape index (κ3) is 3.30. The number of benzene rings is 1. The van der Waals surface area contributed by atoms with Gasteiger partial charge in [-0.1, -0.05) is 0 Å². The van der Waals surface area contributed by atoms with Crippen molar-refractivity contribution in [2.24, 2.45) is 0 Å². The molecule has 9 heteroatoms. The highest BCUT2D eigenvalue weighted by Crippen LogP contribution is 2.45. The molecule has 0 bridgehead atoms.